The molecule has 0 rings (SSSR count). The highest BCUT2D eigenvalue weighted by Gasteiger charge is 1.86. The quantitative estimate of drug-likeness (QED) is 0.263. The molecular weight excluding hydrogens is 148 g/mol. The van der Waals surface area contributed by atoms with Crippen molar-refractivity contribution in [2.75, 3.05) is 0 Å². The third-order valence-electron chi connectivity index (χ3n) is 1.16. The number of amidine groups is 1. The van der Waals surface area contributed by atoms with E-state index in [0.717, 1.165) is 6.42 Å². The zero-order valence-electron chi connectivity index (χ0n) is 7.40. The van der Waals surface area contributed by atoms with Gasteiger partial charge in [-0.15, -0.1) is 0 Å². The van der Waals surface area contributed by atoms with Crippen LogP contribution in [0, 0.1) is 0 Å². The molecule has 0 spiro atoms. The van der Waals surface area contributed by atoms with Crippen molar-refractivity contribution in [1.29, 1.82) is 0 Å². The number of aliphatic imine (C=N–C) groups is 2. The van der Waals surface area contributed by atoms with Crippen LogP contribution in [-0.2, 0) is 0 Å². The van der Waals surface area contributed by atoms with Crippen LogP contribution in [0.1, 0.15) is 13.3 Å². The van der Waals surface area contributed by atoms with Gasteiger partial charge in [-0.1, -0.05) is 24.8 Å². The van der Waals surface area contributed by atoms with Gasteiger partial charge in [0.05, 0.1) is 0 Å². The molecule has 0 N–H and O–H groups in total. The van der Waals surface area contributed by atoms with E-state index in [2.05, 4.69) is 23.3 Å². The van der Waals surface area contributed by atoms with E-state index in [1.807, 2.05) is 19.1 Å². The fourth-order valence-corrected chi connectivity index (χ4v) is 0.571. The molecule has 0 aliphatic rings. The van der Waals surface area contributed by atoms with Crippen molar-refractivity contribution in [1.82, 2.24) is 0 Å². The van der Waals surface area contributed by atoms with Gasteiger partial charge in [0.2, 0.25) is 0 Å². The summed E-state index contributed by atoms with van der Waals surface area (Å²) in [5.41, 5.74) is 0. The maximum Gasteiger partial charge on any atom is 0.131 e. The van der Waals surface area contributed by atoms with Crippen molar-refractivity contribution in [2.45, 2.75) is 13.3 Å². The Kier molecular flexibility index (Phi) is 6.74. The van der Waals surface area contributed by atoms with E-state index in [4.69, 9.17) is 0 Å². The zero-order chi connectivity index (χ0) is 9.23. The third-order valence-corrected chi connectivity index (χ3v) is 1.16. The molecule has 0 aliphatic heterocycles. The lowest BCUT2D eigenvalue weighted by molar-refractivity contribution is 1.35. The van der Waals surface area contributed by atoms with Gasteiger partial charge in [-0.2, -0.15) is 0 Å². The molecule has 2 nitrogen and oxygen atoms in total. The van der Waals surface area contributed by atoms with Gasteiger partial charge in [-0.25, -0.2) is 9.98 Å². The van der Waals surface area contributed by atoms with E-state index in [-0.39, 0.29) is 0 Å². The van der Waals surface area contributed by atoms with E-state index in [0.29, 0.717) is 5.84 Å². The zero-order valence-corrected chi connectivity index (χ0v) is 7.40. The van der Waals surface area contributed by atoms with Crippen molar-refractivity contribution in [3.8, 4) is 0 Å². The van der Waals surface area contributed by atoms with E-state index in [1.165, 1.54) is 0 Å². The lowest BCUT2D eigenvalue weighted by Crippen LogP contribution is -1.88. The lowest BCUT2D eigenvalue weighted by Gasteiger charge is -1.90. The molecule has 0 bridgehead atoms. The number of allylic oxidation sites excluding steroid dienone is 3. The van der Waals surface area contributed by atoms with E-state index >= 15 is 0 Å². The van der Waals surface area contributed by atoms with Crippen LogP contribution in [0.15, 0.2) is 47.1 Å². The van der Waals surface area contributed by atoms with Gasteiger partial charge in [-0.05, 0) is 19.7 Å². The molecule has 0 saturated heterocycles. The smallest absolute Gasteiger partial charge is 0.131 e. The summed E-state index contributed by atoms with van der Waals surface area (Å²) < 4.78 is 0. The van der Waals surface area contributed by atoms with Crippen molar-refractivity contribution in [3.05, 3.63) is 37.1 Å². The van der Waals surface area contributed by atoms with Crippen LogP contribution in [0.5, 0.6) is 0 Å². The fourth-order valence-electron chi connectivity index (χ4n) is 0.571. The molecule has 0 fully saturated rings. The molecule has 0 aliphatic carbocycles. The second kappa shape index (κ2) is 7.66. The predicted molar refractivity (Wildman–Crippen MR) is 55.8 cm³/mol. The summed E-state index contributed by atoms with van der Waals surface area (Å²) >= 11 is 0. The first-order valence-electron chi connectivity index (χ1n) is 3.77. The Morgan fingerprint density at radius 2 is 2.25 bits per heavy atom. The van der Waals surface area contributed by atoms with Gasteiger partial charge in [0.1, 0.15) is 5.84 Å². The number of rotatable bonds is 4. The van der Waals surface area contributed by atoms with Crippen LogP contribution in [-0.4, -0.2) is 12.6 Å². The summed E-state index contributed by atoms with van der Waals surface area (Å²) in [7, 11) is 0. The monoisotopic (exact) mass is 162 g/mol. The molecule has 0 unspecified atom stereocenters. The molecule has 64 valence electrons. The summed E-state index contributed by atoms with van der Waals surface area (Å²) in [5.74, 6) is 0.714. The first-order chi connectivity index (χ1) is 5.85. The highest BCUT2D eigenvalue weighted by molar-refractivity contribution is 5.87. The van der Waals surface area contributed by atoms with Crippen LogP contribution in [0.25, 0.3) is 0 Å². The van der Waals surface area contributed by atoms with Gasteiger partial charge in [0.25, 0.3) is 0 Å². The van der Waals surface area contributed by atoms with Gasteiger partial charge < -0.3 is 0 Å². The number of nitrogens with zero attached hydrogens (tertiary/aromatic N) is 2. The maximum absolute atomic E-state index is 4.05. The summed E-state index contributed by atoms with van der Waals surface area (Å²) in [6.45, 7) is 8.91. The highest BCUT2D eigenvalue weighted by Crippen LogP contribution is 1.91. The Hall–Kier alpha value is -1.44. The van der Waals surface area contributed by atoms with Crippen molar-refractivity contribution in [3.63, 3.8) is 0 Å². The Morgan fingerprint density at radius 1 is 1.50 bits per heavy atom. The van der Waals surface area contributed by atoms with Crippen LogP contribution in [0.4, 0.5) is 0 Å². The topological polar surface area (TPSA) is 24.7 Å². The minimum Gasteiger partial charge on any atom is -0.249 e. The maximum atomic E-state index is 4.05. The third kappa shape index (κ3) is 5.35. The molecule has 0 aromatic carbocycles. The first-order valence-corrected chi connectivity index (χ1v) is 3.77. The van der Waals surface area contributed by atoms with E-state index in [1.54, 1.807) is 18.4 Å². The van der Waals surface area contributed by atoms with Crippen LogP contribution in [0.2, 0.25) is 0 Å². The summed E-state index contributed by atoms with van der Waals surface area (Å²) in [6.07, 6.45) is 9.73. The average molecular weight is 162 g/mol. The number of hydrogen-bond acceptors (Lipinski definition) is 1. The molecule has 2 heteroatoms. The molecule has 0 aromatic heterocycles. The van der Waals surface area contributed by atoms with Gasteiger partial charge in [0.15, 0.2) is 0 Å². The normalized spacial score (nSPS) is 12.6. The SMILES string of the molecule is C=C/C=C\N=C(C/C=C\C)N=C. The van der Waals surface area contributed by atoms with Gasteiger partial charge in [-0.3, -0.25) is 0 Å². The van der Waals surface area contributed by atoms with Crippen molar-refractivity contribution in [2.24, 2.45) is 9.98 Å². The van der Waals surface area contributed by atoms with Gasteiger partial charge in [0, 0.05) is 12.6 Å². The first kappa shape index (κ1) is 10.6. The Bertz CT molecular complexity index is 222. The average Bonchev–Trinajstić information content (AvgIpc) is 2.11. The standard InChI is InChI=1S/C10H14N2/c1-4-6-8-10(11-3)12-9-7-5-2/h4-7,9H,2-3,8H2,1H3/b6-4-,9-7-,12-10?. The molecule has 0 heterocycles. The highest BCUT2D eigenvalue weighted by atomic mass is 14.9. The van der Waals surface area contributed by atoms with Crippen LogP contribution in [0.3, 0.4) is 0 Å². The second-order valence-electron chi connectivity index (χ2n) is 2.05. The molecule has 0 amide bonds. The molecule has 12 heavy (non-hydrogen) atoms. The minimum absolute atomic E-state index is 0.714. The molecule has 0 atom stereocenters. The predicted octanol–water partition coefficient (Wildman–Crippen LogP) is 2.75. The van der Waals surface area contributed by atoms with Crippen molar-refractivity contribution < 1.29 is 0 Å². The Morgan fingerprint density at radius 3 is 2.75 bits per heavy atom. The van der Waals surface area contributed by atoms with Crippen molar-refractivity contribution >= 4 is 12.6 Å². The van der Waals surface area contributed by atoms with E-state index in [9.17, 15) is 0 Å². The molecule has 0 saturated carbocycles. The Labute approximate surface area is 73.7 Å². The molecule has 0 radical (unpaired) electrons. The van der Waals surface area contributed by atoms with Crippen LogP contribution >= 0.6 is 0 Å². The molecule has 0 aromatic rings. The minimum atomic E-state index is 0.714. The summed E-state index contributed by atoms with van der Waals surface area (Å²) in [4.78, 5) is 7.81. The van der Waals surface area contributed by atoms with E-state index < -0.39 is 0 Å². The summed E-state index contributed by atoms with van der Waals surface area (Å²) in [5, 5.41) is 0. The van der Waals surface area contributed by atoms with Gasteiger partial charge >= 0.3 is 0 Å². The summed E-state index contributed by atoms with van der Waals surface area (Å²) in [6, 6.07) is 0. The largest absolute Gasteiger partial charge is 0.249 e. The second-order valence-corrected chi connectivity index (χ2v) is 2.05. The number of hydrogen-bond donors (Lipinski definition) is 0. The Balaban J connectivity index is 4.12. The molecular formula is C10H14N2. The van der Waals surface area contributed by atoms with Crippen LogP contribution < -0.4 is 0 Å². The lowest BCUT2D eigenvalue weighted by atomic mass is 10.3. The fraction of sp³-hybridized carbons (Fsp3) is 0.200.